The summed E-state index contributed by atoms with van der Waals surface area (Å²) in [6.45, 7) is 7.94. The van der Waals surface area contributed by atoms with E-state index in [2.05, 4.69) is 10.4 Å². The topological polar surface area (TPSA) is 84.2 Å². The third-order valence-corrected chi connectivity index (χ3v) is 2.51. The maximum atomic E-state index is 11.8. The molecule has 1 heterocycles. The van der Waals surface area contributed by atoms with E-state index in [1.165, 1.54) is 6.20 Å². The van der Waals surface area contributed by atoms with Gasteiger partial charge in [-0.1, -0.05) is 0 Å². The van der Waals surface area contributed by atoms with Gasteiger partial charge in [-0.15, -0.1) is 0 Å². The maximum Gasteiger partial charge on any atom is 0.305 e. The van der Waals surface area contributed by atoms with Crippen molar-refractivity contribution in [3.63, 3.8) is 0 Å². The molecule has 0 spiro atoms. The second-order valence-corrected chi connectivity index (χ2v) is 5.13. The molecular weight excluding hydrogens is 234 g/mol. The summed E-state index contributed by atoms with van der Waals surface area (Å²) in [5, 5.41) is 15.2. The van der Waals surface area contributed by atoms with Gasteiger partial charge in [0.1, 0.15) is 0 Å². The summed E-state index contributed by atoms with van der Waals surface area (Å²) in [7, 11) is 0. The normalized spacial score (nSPS) is 11.3. The number of carbonyl (C=O) groups is 2. The van der Waals surface area contributed by atoms with Crippen molar-refractivity contribution in [1.29, 1.82) is 0 Å². The van der Waals surface area contributed by atoms with Crippen LogP contribution in [0.1, 0.15) is 43.2 Å². The molecule has 1 aromatic rings. The van der Waals surface area contributed by atoms with Gasteiger partial charge < -0.3 is 10.4 Å². The van der Waals surface area contributed by atoms with Gasteiger partial charge >= 0.3 is 5.97 Å². The van der Waals surface area contributed by atoms with Gasteiger partial charge in [0, 0.05) is 12.2 Å². The lowest BCUT2D eigenvalue weighted by atomic mass is 10.1. The summed E-state index contributed by atoms with van der Waals surface area (Å²) < 4.78 is 1.78. The summed E-state index contributed by atoms with van der Waals surface area (Å²) in [4.78, 5) is 22.2. The van der Waals surface area contributed by atoms with Crippen LogP contribution in [-0.2, 0) is 10.3 Å². The zero-order valence-corrected chi connectivity index (χ0v) is 11.1. The number of hydrogen-bond acceptors (Lipinski definition) is 3. The molecular formula is C12H19N3O3. The molecule has 18 heavy (non-hydrogen) atoms. The van der Waals surface area contributed by atoms with E-state index >= 15 is 0 Å². The van der Waals surface area contributed by atoms with Crippen LogP contribution >= 0.6 is 0 Å². The third kappa shape index (κ3) is 3.32. The van der Waals surface area contributed by atoms with E-state index in [0.29, 0.717) is 5.56 Å². The number of amides is 1. The van der Waals surface area contributed by atoms with Crippen LogP contribution in [0.5, 0.6) is 0 Å². The van der Waals surface area contributed by atoms with Crippen molar-refractivity contribution in [3.05, 3.63) is 17.5 Å². The van der Waals surface area contributed by atoms with E-state index in [4.69, 9.17) is 5.11 Å². The van der Waals surface area contributed by atoms with Crippen LogP contribution in [-0.4, -0.2) is 33.3 Å². The van der Waals surface area contributed by atoms with Gasteiger partial charge in [0.15, 0.2) is 0 Å². The van der Waals surface area contributed by atoms with Crippen LogP contribution in [0.15, 0.2) is 6.20 Å². The molecule has 1 rings (SSSR count). The molecule has 0 atom stereocenters. The average Bonchev–Trinajstić information content (AvgIpc) is 2.58. The predicted molar refractivity (Wildman–Crippen MR) is 66.5 cm³/mol. The zero-order valence-electron chi connectivity index (χ0n) is 11.1. The molecule has 1 amide bonds. The van der Waals surface area contributed by atoms with Gasteiger partial charge in [0.2, 0.25) is 0 Å². The quantitative estimate of drug-likeness (QED) is 0.843. The minimum absolute atomic E-state index is 0.0851. The van der Waals surface area contributed by atoms with Crippen molar-refractivity contribution in [3.8, 4) is 0 Å². The summed E-state index contributed by atoms with van der Waals surface area (Å²) in [5.74, 6) is -1.22. The Labute approximate surface area is 106 Å². The highest BCUT2D eigenvalue weighted by atomic mass is 16.4. The molecule has 0 fully saturated rings. The minimum atomic E-state index is -0.933. The Morgan fingerprint density at radius 3 is 2.50 bits per heavy atom. The summed E-state index contributed by atoms with van der Waals surface area (Å²) >= 11 is 0. The lowest BCUT2D eigenvalue weighted by Gasteiger charge is -2.21. The number of rotatable bonds is 4. The van der Waals surface area contributed by atoms with E-state index in [1.54, 1.807) is 4.68 Å². The van der Waals surface area contributed by atoms with Crippen LogP contribution < -0.4 is 5.32 Å². The minimum Gasteiger partial charge on any atom is -0.481 e. The molecule has 0 aliphatic carbocycles. The van der Waals surface area contributed by atoms with Crippen LogP contribution in [0.4, 0.5) is 0 Å². The summed E-state index contributed by atoms with van der Waals surface area (Å²) in [6.07, 6.45) is 1.43. The van der Waals surface area contributed by atoms with Gasteiger partial charge in [-0.3, -0.25) is 14.3 Å². The number of aromatic nitrogens is 2. The fourth-order valence-corrected chi connectivity index (χ4v) is 1.69. The first-order valence-corrected chi connectivity index (χ1v) is 5.78. The largest absolute Gasteiger partial charge is 0.481 e. The molecule has 0 saturated heterocycles. The number of carboxylic acids is 1. The molecule has 0 saturated carbocycles. The second-order valence-electron chi connectivity index (χ2n) is 5.13. The lowest BCUT2D eigenvalue weighted by molar-refractivity contribution is -0.136. The SMILES string of the molecule is Cc1c(C(=O)NCCC(=O)O)cnn1C(C)(C)C. The van der Waals surface area contributed by atoms with E-state index in [-0.39, 0.29) is 24.4 Å². The molecule has 6 heteroatoms. The number of carboxylic acid groups (broad SMARTS) is 1. The Balaban J connectivity index is 2.76. The van der Waals surface area contributed by atoms with Gasteiger partial charge in [0.25, 0.3) is 5.91 Å². The molecule has 0 aliphatic rings. The van der Waals surface area contributed by atoms with Crippen LogP contribution in [0.3, 0.4) is 0 Å². The lowest BCUT2D eigenvalue weighted by Crippen LogP contribution is -2.28. The number of nitrogens with zero attached hydrogens (tertiary/aromatic N) is 2. The summed E-state index contributed by atoms with van der Waals surface area (Å²) in [6, 6.07) is 0. The van der Waals surface area contributed by atoms with Crippen molar-refractivity contribution < 1.29 is 14.7 Å². The number of hydrogen-bond donors (Lipinski definition) is 2. The molecule has 0 unspecified atom stereocenters. The molecule has 0 aromatic carbocycles. The van der Waals surface area contributed by atoms with E-state index in [9.17, 15) is 9.59 Å². The monoisotopic (exact) mass is 253 g/mol. The molecule has 1 aromatic heterocycles. The molecule has 2 N–H and O–H groups in total. The van der Waals surface area contributed by atoms with Crippen molar-refractivity contribution in [2.75, 3.05) is 6.54 Å². The van der Waals surface area contributed by atoms with E-state index in [1.807, 2.05) is 27.7 Å². The van der Waals surface area contributed by atoms with Gasteiger partial charge in [-0.2, -0.15) is 5.10 Å². The molecule has 0 bridgehead atoms. The van der Waals surface area contributed by atoms with Crippen molar-refractivity contribution >= 4 is 11.9 Å². The highest BCUT2D eigenvalue weighted by molar-refractivity contribution is 5.95. The standard InChI is InChI=1S/C12H19N3O3/c1-8-9(7-14-15(8)12(2,3)4)11(18)13-6-5-10(16)17/h7H,5-6H2,1-4H3,(H,13,18)(H,16,17). The predicted octanol–water partition coefficient (Wildman–Crippen LogP) is 1.15. The summed E-state index contributed by atoms with van der Waals surface area (Å²) in [5.41, 5.74) is 1.06. The van der Waals surface area contributed by atoms with Gasteiger partial charge in [0.05, 0.1) is 23.7 Å². The number of aliphatic carboxylic acids is 1. The Hall–Kier alpha value is -1.85. The van der Waals surface area contributed by atoms with Crippen LogP contribution in [0, 0.1) is 6.92 Å². The zero-order chi connectivity index (χ0) is 13.9. The average molecular weight is 253 g/mol. The molecule has 0 radical (unpaired) electrons. The van der Waals surface area contributed by atoms with Crippen molar-refractivity contribution in [1.82, 2.24) is 15.1 Å². The fourth-order valence-electron chi connectivity index (χ4n) is 1.69. The highest BCUT2D eigenvalue weighted by Crippen LogP contribution is 2.18. The number of nitrogens with one attached hydrogen (secondary N) is 1. The maximum absolute atomic E-state index is 11.8. The Morgan fingerprint density at radius 1 is 1.44 bits per heavy atom. The second kappa shape index (κ2) is 5.20. The van der Waals surface area contributed by atoms with Crippen molar-refractivity contribution in [2.24, 2.45) is 0 Å². The highest BCUT2D eigenvalue weighted by Gasteiger charge is 2.21. The van der Waals surface area contributed by atoms with Crippen LogP contribution in [0.25, 0.3) is 0 Å². The van der Waals surface area contributed by atoms with Gasteiger partial charge in [-0.05, 0) is 27.7 Å². The number of carbonyl (C=O) groups excluding carboxylic acids is 1. The Morgan fingerprint density at radius 2 is 2.06 bits per heavy atom. The Bertz CT molecular complexity index is 458. The van der Waals surface area contributed by atoms with Crippen molar-refractivity contribution in [2.45, 2.75) is 39.7 Å². The van der Waals surface area contributed by atoms with Gasteiger partial charge in [-0.25, -0.2) is 0 Å². The smallest absolute Gasteiger partial charge is 0.305 e. The Kier molecular flexibility index (Phi) is 4.11. The first-order chi connectivity index (χ1) is 8.23. The molecule has 100 valence electrons. The molecule has 6 nitrogen and oxygen atoms in total. The van der Waals surface area contributed by atoms with Crippen LogP contribution in [0.2, 0.25) is 0 Å². The first kappa shape index (κ1) is 14.2. The van der Waals surface area contributed by atoms with E-state index < -0.39 is 5.97 Å². The third-order valence-electron chi connectivity index (χ3n) is 2.51. The van der Waals surface area contributed by atoms with E-state index in [0.717, 1.165) is 5.69 Å². The fraction of sp³-hybridized carbons (Fsp3) is 0.583. The molecule has 0 aliphatic heterocycles. The first-order valence-electron chi connectivity index (χ1n) is 5.78.